The minimum Gasteiger partial charge on any atom is -0.369 e. The fourth-order valence-electron chi connectivity index (χ4n) is 4.15. The number of halogens is 3. The van der Waals surface area contributed by atoms with E-state index in [1.165, 1.54) is 30.5 Å². The number of rotatable bonds is 6. The molecular weight excluding hydrogens is 471 g/mol. The molecule has 2 N–H and O–H groups in total. The molecule has 0 unspecified atom stereocenters. The van der Waals surface area contributed by atoms with Crippen LogP contribution >= 0.6 is 0 Å². The van der Waals surface area contributed by atoms with Gasteiger partial charge in [0.25, 0.3) is 5.91 Å². The fraction of sp³-hybridized carbons (Fsp3) is 0.240. The Morgan fingerprint density at radius 2 is 1.69 bits per heavy atom. The number of imidazole rings is 2. The van der Waals surface area contributed by atoms with E-state index in [2.05, 4.69) is 37.1 Å². The Labute approximate surface area is 205 Å². The minimum absolute atomic E-state index is 0.0609. The van der Waals surface area contributed by atoms with Crippen LogP contribution in [0.1, 0.15) is 17.0 Å². The van der Waals surface area contributed by atoms with E-state index in [1.807, 2.05) is 24.3 Å². The number of likely N-dealkylation sites (N-methyl/N-ethyl adjacent to an activating group) is 1. The predicted octanol–water partition coefficient (Wildman–Crippen LogP) is 4.48. The Bertz CT molecular complexity index is 1340. The first-order valence-electron chi connectivity index (χ1n) is 11.4. The zero-order valence-corrected chi connectivity index (χ0v) is 19.5. The second-order valence-electron chi connectivity index (χ2n) is 8.57. The van der Waals surface area contributed by atoms with Crippen molar-refractivity contribution in [3.05, 3.63) is 72.6 Å². The monoisotopic (exact) mass is 495 g/mol. The molecule has 0 radical (unpaired) electrons. The number of anilines is 2. The van der Waals surface area contributed by atoms with Crippen molar-refractivity contribution in [2.24, 2.45) is 0 Å². The Hall–Kier alpha value is -4.12. The van der Waals surface area contributed by atoms with Gasteiger partial charge in [-0.3, -0.25) is 9.36 Å². The number of hydrogen-bond donors (Lipinski definition) is 2. The minimum atomic E-state index is -2.86. The highest BCUT2D eigenvalue weighted by molar-refractivity contribution is 6.03. The number of alkyl halides is 2. The summed E-state index contributed by atoms with van der Waals surface area (Å²) < 4.78 is 41.3. The van der Waals surface area contributed by atoms with Crippen LogP contribution in [0.3, 0.4) is 0 Å². The summed E-state index contributed by atoms with van der Waals surface area (Å²) in [5, 5.41) is 2.81. The van der Waals surface area contributed by atoms with E-state index in [9.17, 15) is 18.0 Å². The molecule has 2 aromatic carbocycles. The van der Waals surface area contributed by atoms with E-state index in [4.69, 9.17) is 0 Å². The number of carbonyl (C=O) groups excluding carboxylic acids is 1. The molecule has 0 spiro atoms. The molecule has 1 fully saturated rings. The van der Waals surface area contributed by atoms with Crippen molar-refractivity contribution in [2.75, 3.05) is 43.4 Å². The number of amides is 1. The van der Waals surface area contributed by atoms with Gasteiger partial charge in [0.15, 0.2) is 5.82 Å². The van der Waals surface area contributed by atoms with E-state index in [0.717, 1.165) is 38.2 Å². The molecule has 1 saturated heterocycles. The maximum atomic E-state index is 13.6. The van der Waals surface area contributed by atoms with Crippen molar-refractivity contribution >= 4 is 17.3 Å². The van der Waals surface area contributed by atoms with Crippen molar-refractivity contribution in [3.63, 3.8) is 0 Å². The highest BCUT2D eigenvalue weighted by Crippen LogP contribution is 2.33. The molecule has 186 valence electrons. The normalized spacial score (nSPS) is 14.4. The van der Waals surface area contributed by atoms with E-state index in [1.54, 1.807) is 0 Å². The lowest BCUT2D eigenvalue weighted by Crippen LogP contribution is -2.44. The van der Waals surface area contributed by atoms with Crippen LogP contribution in [-0.2, 0) is 0 Å². The summed E-state index contributed by atoms with van der Waals surface area (Å²) in [5.41, 5.74) is 2.37. The number of hydrogen-bond acceptors (Lipinski definition) is 5. The van der Waals surface area contributed by atoms with Gasteiger partial charge in [0.2, 0.25) is 0 Å². The van der Waals surface area contributed by atoms with Gasteiger partial charge in [-0.05, 0) is 55.6 Å². The molecule has 4 aromatic rings. The molecule has 1 aliphatic rings. The summed E-state index contributed by atoms with van der Waals surface area (Å²) in [5.74, 6) is -0.779. The van der Waals surface area contributed by atoms with Gasteiger partial charge >= 0.3 is 6.55 Å². The summed E-state index contributed by atoms with van der Waals surface area (Å²) in [4.78, 5) is 28.5. The number of aromatic amines is 1. The Morgan fingerprint density at radius 1 is 1.00 bits per heavy atom. The van der Waals surface area contributed by atoms with Gasteiger partial charge in [-0.15, -0.1) is 0 Å². The summed E-state index contributed by atoms with van der Waals surface area (Å²) >= 11 is 0. The van der Waals surface area contributed by atoms with Gasteiger partial charge < -0.3 is 20.1 Å². The van der Waals surface area contributed by atoms with Gasteiger partial charge in [-0.25, -0.2) is 14.4 Å². The van der Waals surface area contributed by atoms with Crippen molar-refractivity contribution in [3.8, 4) is 22.8 Å². The van der Waals surface area contributed by atoms with E-state index < -0.39 is 18.3 Å². The maximum Gasteiger partial charge on any atom is 0.320 e. The van der Waals surface area contributed by atoms with Crippen molar-refractivity contribution in [1.29, 1.82) is 0 Å². The van der Waals surface area contributed by atoms with E-state index in [-0.39, 0.29) is 22.9 Å². The molecule has 0 atom stereocenters. The van der Waals surface area contributed by atoms with Crippen LogP contribution in [-0.4, -0.2) is 63.6 Å². The van der Waals surface area contributed by atoms with Gasteiger partial charge in [0, 0.05) is 43.1 Å². The SMILES string of the molecule is CN1CCN(c2ccc(NC(=O)c3cnc(-c4ncn(C(F)F)c4-c4ccc(F)cc4)[nH]3)cc2)CC1. The average molecular weight is 496 g/mol. The van der Waals surface area contributed by atoms with Gasteiger partial charge in [-0.1, -0.05) is 0 Å². The summed E-state index contributed by atoms with van der Waals surface area (Å²) in [6.07, 6.45) is 2.31. The average Bonchev–Trinajstić information content (AvgIpc) is 3.53. The van der Waals surface area contributed by atoms with Gasteiger partial charge in [-0.2, -0.15) is 8.78 Å². The van der Waals surface area contributed by atoms with Crippen LogP contribution in [0, 0.1) is 5.82 Å². The zero-order chi connectivity index (χ0) is 25.2. The molecule has 0 bridgehead atoms. The van der Waals surface area contributed by atoms with Crippen molar-refractivity contribution in [1.82, 2.24) is 24.4 Å². The molecular formula is C25H24F3N7O. The van der Waals surface area contributed by atoms with Crippen LogP contribution in [0.15, 0.2) is 61.1 Å². The van der Waals surface area contributed by atoms with Crippen molar-refractivity contribution in [2.45, 2.75) is 6.55 Å². The quantitative estimate of drug-likeness (QED) is 0.412. The van der Waals surface area contributed by atoms with Crippen LogP contribution in [0.5, 0.6) is 0 Å². The lowest BCUT2D eigenvalue weighted by Gasteiger charge is -2.34. The first kappa shape index (κ1) is 23.6. The Morgan fingerprint density at radius 3 is 2.36 bits per heavy atom. The summed E-state index contributed by atoms with van der Waals surface area (Å²) in [7, 11) is 2.10. The summed E-state index contributed by atoms with van der Waals surface area (Å²) in [6, 6.07) is 12.7. The van der Waals surface area contributed by atoms with Crippen molar-refractivity contribution < 1.29 is 18.0 Å². The topological polar surface area (TPSA) is 82.1 Å². The first-order chi connectivity index (χ1) is 17.4. The number of nitrogens with zero attached hydrogens (tertiary/aromatic N) is 5. The third-order valence-corrected chi connectivity index (χ3v) is 6.16. The standard InChI is InChI=1S/C25H24F3N7O/c1-33-10-12-34(13-11-33)19-8-6-18(7-9-19)31-24(36)20-14-29-23(32-20)21-22(35(15-30-21)25(27)28)16-2-4-17(26)5-3-16/h2-9,14-15,25H,10-13H2,1H3,(H,29,32)(H,31,36). The molecule has 1 amide bonds. The molecule has 8 nitrogen and oxygen atoms in total. The smallest absolute Gasteiger partial charge is 0.320 e. The highest BCUT2D eigenvalue weighted by atomic mass is 19.3. The van der Waals surface area contributed by atoms with Crippen LogP contribution in [0.4, 0.5) is 24.5 Å². The fourth-order valence-corrected chi connectivity index (χ4v) is 4.15. The number of piperazine rings is 1. The van der Waals surface area contributed by atoms with Crippen LogP contribution < -0.4 is 10.2 Å². The predicted molar refractivity (Wildman–Crippen MR) is 131 cm³/mol. The molecule has 3 heterocycles. The number of carbonyl (C=O) groups is 1. The highest BCUT2D eigenvalue weighted by Gasteiger charge is 2.23. The van der Waals surface area contributed by atoms with E-state index in [0.29, 0.717) is 15.8 Å². The zero-order valence-electron chi connectivity index (χ0n) is 19.5. The second kappa shape index (κ2) is 9.86. The molecule has 1 aliphatic heterocycles. The Balaban J connectivity index is 1.33. The number of benzene rings is 2. The van der Waals surface area contributed by atoms with E-state index >= 15 is 0 Å². The lowest BCUT2D eigenvalue weighted by molar-refractivity contribution is 0.0719. The molecule has 36 heavy (non-hydrogen) atoms. The third kappa shape index (κ3) is 4.82. The number of H-pyrrole nitrogens is 1. The second-order valence-corrected chi connectivity index (χ2v) is 8.57. The molecule has 2 aromatic heterocycles. The molecule has 0 saturated carbocycles. The van der Waals surface area contributed by atoms with Gasteiger partial charge in [0.05, 0.1) is 11.9 Å². The third-order valence-electron chi connectivity index (χ3n) is 6.16. The largest absolute Gasteiger partial charge is 0.369 e. The number of aromatic nitrogens is 4. The van der Waals surface area contributed by atoms with Gasteiger partial charge in [0.1, 0.15) is 23.5 Å². The molecule has 0 aliphatic carbocycles. The van der Waals surface area contributed by atoms with Crippen LogP contribution in [0.2, 0.25) is 0 Å². The maximum absolute atomic E-state index is 13.6. The molecule has 11 heteroatoms. The Kier molecular flexibility index (Phi) is 6.47. The first-order valence-corrected chi connectivity index (χ1v) is 11.4. The summed E-state index contributed by atoms with van der Waals surface area (Å²) in [6.45, 7) is 1.02. The number of nitrogens with one attached hydrogen (secondary N) is 2. The molecule has 5 rings (SSSR count). The lowest BCUT2D eigenvalue weighted by atomic mass is 10.1. The van der Waals surface area contributed by atoms with Crippen LogP contribution in [0.25, 0.3) is 22.8 Å².